The van der Waals surface area contributed by atoms with Gasteiger partial charge in [0.15, 0.2) is 0 Å². The number of hydrogen-bond donors (Lipinski definition) is 0. The van der Waals surface area contributed by atoms with Gasteiger partial charge in [0.1, 0.15) is 6.54 Å². The number of likely N-dealkylation sites (tertiary alicyclic amines) is 1. The van der Waals surface area contributed by atoms with E-state index in [1.54, 1.807) is 17.9 Å². The van der Waals surface area contributed by atoms with E-state index in [4.69, 9.17) is 14.2 Å². The molecule has 1 aromatic carbocycles. The van der Waals surface area contributed by atoms with Gasteiger partial charge in [-0.3, -0.25) is 19.8 Å². The van der Waals surface area contributed by atoms with Gasteiger partial charge in [-0.2, -0.15) is 0 Å². The number of hydrogen-bond acceptors (Lipinski definition) is 10. The Hall–Kier alpha value is -3.73. The predicted octanol–water partition coefficient (Wildman–Crippen LogP) is 2.14. The fourth-order valence-corrected chi connectivity index (χ4v) is 4.62. The third-order valence-electron chi connectivity index (χ3n) is 6.32. The number of carbonyl (C=O) groups is 3. The van der Waals surface area contributed by atoms with Gasteiger partial charge in [-0.05, 0) is 38.4 Å². The van der Waals surface area contributed by atoms with Crippen molar-refractivity contribution in [2.75, 3.05) is 47.5 Å². The lowest BCUT2D eigenvalue weighted by molar-refractivity contribution is -0.384. The van der Waals surface area contributed by atoms with Crippen LogP contribution in [0.2, 0.25) is 0 Å². The second-order valence-electron chi connectivity index (χ2n) is 8.27. The molecule has 0 aromatic heterocycles. The monoisotopic (exact) mass is 487 g/mol. The Morgan fingerprint density at radius 1 is 1.03 bits per heavy atom. The van der Waals surface area contributed by atoms with Gasteiger partial charge in [0.25, 0.3) is 5.69 Å². The number of carbonyl (C=O) groups excluding carboxylic acids is 3. The first kappa shape index (κ1) is 25.9. The highest BCUT2D eigenvalue weighted by Crippen LogP contribution is 2.44. The van der Waals surface area contributed by atoms with Gasteiger partial charge in [0, 0.05) is 30.1 Å². The molecule has 2 aliphatic heterocycles. The summed E-state index contributed by atoms with van der Waals surface area (Å²) < 4.78 is 15.0. The molecule has 0 N–H and O–H groups in total. The zero-order valence-corrected chi connectivity index (χ0v) is 20.2. The fraction of sp³-hybridized carbons (Fsp3) is 0.458. The Kier molecular flexibility index (Phi) is 8.23. The lowest BCUT2D eigenvalue weighted by atomic mass is 9.79. The molecule has 188 valence electrons. The van der Waals surface area contributed by atoms with Crippen molar-refractivity contribution in [1.82, 2.24) is 9.80 Å². The predicted molar refractivity (Wildman–Crippen MR) is 124 cm³/mol. The van der Waals surface area contributed by atoms with Crippen LogP contribution >= 0.6 is 0 Å². The summed E-state index contributed by atoms with van der Waals surface area (Å²) >= 11 is 0. The zero-order valence-electron chi connectivity index (χ0n) is 20.2. The first-order chi connectivity index (χ1) is 16.7. The van der Waals surface area contributed by atoms with E-state index in [9.17, 15) is 24.5 Å². The smallest absolute Gasteiger partial charge is 0.336 e. The van der Waals surface area contributed by atoms with Gasteiger partial charge in [-0.25, -0.2) is 9.59 Å². The van der Waals surface area contributed by atoms with E-state index in [0.29, 0.717) is 23.5 Å². The van der Waals surface area contributed by atoms with Crippen LogP contribution in [0.3, 0.4) is 0 Å². The van der Waals surface area contributed by atoms with Crippen molar-refractivity contribution in [3.63, 3.8) is 0 Å². The molecule has 0 unspecified atom stereocenters. The Morgan fingerprint density at radius 2 is 1.66 bits per heavy atom. The number of nitro groups is 1. The first-order valence-corrected chi connectivity index (χ1v) is 11.1. The van der Waals surface area contributed by atoms with Crippen LogP contribution in [0.25, 0.3) is 0 Å². The Morgan fingerprint density at radius 3 is 2.23 bits per heavy atom. The number of ether oxygens (including phenoxy) is 3. The number of non-ortho nitro benzene ring substituents is 1. The van der Waals surface area contributed by atoms with E-state index in [-0.39, 0.29) is 23.4 Å². The van der Waals surface area contributed by atoms with Crippen LogP contribution < -0.4 is 0 Å². The molecule has 2 aliphatic rings. The van der Waals surface area contributed by atoms with Crippen LogP contribution in [0.15, 0.2) is 46.8 Å². The average molecular weight is 488 g/mol. The molecule has 11 nitrogen and oxygen atoms in total. The zero-order chi connectivity index (χ0) is 25.7. The van der Waals surface area contributed by atoms with Crippen molar-refractivity contribution >= 4 is 23.6 Å². The van der Waals surface area contributed by atoms with Crippen LogP contribution in [0.5, 0.6) is 0 Å². The Balaban J connectivity index is 2.32. The van der Waals surface area contributed by atoms with Gasteiger partial charge in [-0.1, -0.05) is 12.1 Å². The molecule has 0 aliphatic carbocycles. The van der Waals surface area contributed by atoms with E-state index >= 15 is 0 Å². The molecule has 1 saturated heterocycles. The summed E-state index contributed by atoms with van der Waals surface area (Å²) in [5.41, 5.74) is 1.24. The minimum Gasteiger partial charge on any atom is -0.468 e. The maximum atomic E-state index is 13.3. The van der Waals surface area contributed by atoms with E-state index in [0.717, 1.165) is 25.9 Å². The average Bonchev–Trinajstić information content (AvgIpc) is 3.38. The lowest BCUT2D eigenvalue weighted by Gasteiger charge is -2.39. The van der Waals surface area contributed by atoms with Crippen molar-refractivity contribution in [1.29, 1.82) is 0 Å². The second kappa shape index (κ2) is 11.1. The molecule has 0 amide bonds. The number of methoxy groups -OCH3 is 3. The molecule has 0 radical (unpaired) electrons. The number of nitro benzene ring substituents is 1. The number of rotatable bonds is 8. The molecular formula is C24H29N3O8. The molecule has 1 aromatic rings. The van der Waals surface area contributed by atoms with Gasteiger partial charge in [0.2, 0.25) is 0 Å². The molecule has 11 heteroatoms. The van der Waals surface area contributed by atoms with Gasteiger partial charge in [0.05, 0.1) is 43.3 Å². The molecule has 1 atom stereocenters. The summed E-state index contributed by atoms with van der Waals surface area (Å²) in [4.78, 5) is 53.3. The highest BCUT2D eigenvalue weighted by Gasteiger charge is 2.42. The summed E-state index contributed by atoms with van der Waals surface area (Å²) in [6.07, 6.45) is 1.99. The lowest BCUT2D eigenvalue weighted by Crippen LogP contribution is -2.42. The number of nitrogens with zero attached hydrogens (tertiary/aromatic N) is 3. The van der Waals surface area contributed by atoms with Crippen molar-refractivity contribution in [2.24, 2.45) is 0 Å². The number of benzene rings is 1. The SMILES string of the molecule is COC(=O)CN1C(C)=C(C(=O)OC)[C@H](c2cccc([N+](=O)[O-])c2)C(C(=O)OC)=C1CN1CCCC1. The minimum atomic E-state index is -0.999. The van der Waals surface area contributed by atoms with E-state index in [2.05, 4.69) is 4.90 Å². The second-order valence-corrected chi connectivity index (χ2v) is 8.27. The van der Waals surface area contributed by atoms with Gasteiger partial charge < -0.3 is 19.1 Å². The topological polar surface area (TPSA) is 129 Å². The fourth-order valence-electron chi connectivity index (χ4n) is 4.62. The Bertz CT molecular complexity index is 1090. The van der Waals surface area contributed by atoms with Crippen molar-refractivity contribution in [3.05, 3.63) is 62.5 Å². The molecule has 3 rings (SSSR count). The Labute approximate surface area is 203 Å². The van der Waals surface area contributed by atoms with Crippen LogP contribution in [0.4, 0.5) is 5.69 Å². The molecule has 2 heterocycles. The van der Waals surface area contributed by atoms with E-state index in [1.165, 1.54) is 39.5 Å². The van der Waals surface area contributed by atoms with Crippen molar-refractivity contribution in [3.8, 4) is 0 Å². The third-order valence-corrected chi connectivity index (χ3v) is 6.32. The summed E-state index contributed by atoms with van der Waals surface area (Å²) in [5.74, 6) is -3.00. The molecule has 0 bridgehead atoms. The van der Waals surface area contributed by atoms with Crippen LogP contribution in [-0.2, 0) is 28.6 Å². The highest BCUT2D eigenvalue weighted by atomic mass is 16.6. The van der Waals surface area contributed by atoms with Crippen LogP contribution in [-0.4, -0.2) is 80.1 Å². The standard InChI is InChI=1S/C24H29N3O8/c1-15-20(23(29)34-3)21(16-8-7-9-17(12-16)27(31)32)22(24(30)35-4)18(13-25-10-5-6-11-25)26(15)14-19(28)33-2/h7-9,12,21H,5-6,10-11,13-14H2,1-4H3/t21-/m0/s1. The summed E-state index contributed by atoms with van der Waals surface area (Å²) in [6.45, 7) is 3.33. The maximum Gasteiger partial charge on any atom is 0.336 e. The van der Waals surface area contributed by atoms with Crippen molar-refractivity contribution in [2.45, 2.75) is 25.7 Å². The van der Waals surface area contributed by atoms with Crippen LogP contribution in [0.1, 0.15) is 31.2 Å². The van der Waals surface area contributed by atoms with E-state index in [1.807, 2.05) is 0 Å². The largest absolute Gasteiger partial charge is 0.468 e. The molecule has 0 spiro atoms. The van der Waals surface area contributed by atoms with Crippen molar-refractivity contribution < 1.29 is 33.5 Å². The summed E-state index contributed by atoms with van der Waals surface area (Å²) in [6, 6.07) is 5.76. The normalized spacial score (nSPS) is 18.5. The highest BCUT2D eigenvalue weighted by molar-refractivity contribution is 6.00. The van der Waals surface area contributed by atoms with Gasteiger partial charge >= 0.3 is 17.9 Å². The maximum absolute atomic E-state index is 13.3. The molecule has 1 fully saturated rings. The third kappa shape index (κ3) is 5.35. The number of esters is 3. The molecule has 35 heavy (non-hydrogen) atoms. The first-order valence-electron chi connectivity index (χ1n) is 11.1. The quantitative estimate of drug-likeness (QED) is 0.233. The summed E-state index contributed by atoms with van der Waals surface area (Å²) in [5, 5.41) is 11.5. The summed E-state index contributed by atoms with van der Waals surface area (Å²) in [7, 11) is 3.68. The molecular weight excluding hydrogens is 458 g/mol. The van der Waals surface area contributed by atoms with Crippen LogP contribution in [0, 0.1) is 10.1 Å². The minimum absolute atomic E-state index is 0.0856. The molecule has 0 saturated carbocycles. The van der Waals surface area contributed by atoms with E-state index < -0.39 is 28.7 Å². The number of allylic oxidation sites excluding steroid dienone is 1. The van der Waals surface area contributed by atoms with Gasteiger partial charge in [-0.15, -0.1) is 0 Å².